The zero-order chi connectivity index (χ0) is 31.5. The Labute approximate surface area is 262 Å². The highest BCUT2D eigenvalue weighted by Gasteiger charge is 2.22. The van der Waals surface area contributed by atoms with Gasteiger partial charge in [-0.25, -0.2) is 9.78 Å². The van der Waals surface area contributed by atoms with Crippen LogP contribution in [0.5, 0.6) is 5.88 Å². The third-order valence-corrected chi connectivity index (χ3v) is 8.07. The largest absolute Gasteiger partial charge is 0.481 e. The number of pyridine rings is 2. The van der Waals surface area contributed by atoms with Crippen molar-refractivity contribution in [3.63, 3.8) is 0 Å². The number of aryl methyl sites for hydroxylation is 1. The molecule has 0 saturated carbocycles. The Morgan fingerprint density at radius 1 is 1.09 bits per heavy atom. The SMILES string of the molecule is COc1nc(-c2nccc(-c3cccc(NC(=O)c4cn(C)c(=O)n(C)c4=O)c3Cl)c2Cl)ccc1CNC[C@H]1CCC(=O)N1. The molecule has 44 heavy (non-hydrogen) atoms. The number of hydrogen-bond donors (Lipinski definition) is 3. The van der Waals surface area contributed by atoms with Crippen molar-refractivity contribution in [3.05, 3.63) is 90.8 Å². The van der Waals surface area contributed by atoms with Crippen LogP contribution in [0.4, 0.5) is 5.69 Å². The van der Waals surface area contributed by atoms with E-state index in [-0.39, 0.29) is 33.2 Å². The lowest BCUT2D eigenvalue weighted by atomic mass is 10.0. The minimum absolute atomic E-state index is 0.0677. The van der Waals surface area contributed by atoms with Crippen molar-refractivity contribution in [1.82, 2.24) is 29.7 Å². The molecule has 12 nitrogen and oxygen atoms in total. The van der Waals surface area contributed by atoms with E-state index in [9.17, 15) is 19.2 Å². The van der Waals surface area contributed by atoms with Crippen LogP contribution >= 0.6 is 23.2 Å². The summed E-state index contributed by atoms with van der Waals surface area (Å²) in [6.07, 6.45) is 4.10. The summed E-state index contributed by atoms with van der Waals surface area (Å²) < 4.78 is 7.55. The molecule has 1 aliphatic rings. The van der Waals surface area contributed by atoms with Crippen LogP contribution in [0.25, 0.3) is 22.5 Å². The van der Waals surface area contributed by atoms with Gasteiger partial charge in [-0.05, 0) is 24.6 Å². The molecular weight excluding hydrogens is 609 g/mol. The quantitative estimate of drug-likeness (QED) is 0.253. The molecule has 0 bridgehead atoms. The third kappa shape index (κ3) is 6.23. The maximum absolute atomic E-state index is 13.0. The molecule has 0 aliphatic carbocycles. The van der Waals surface area contributed by atoms with Crippen LogP contribution < -0.4 is 31.9 Å². The molecule has 1 saturated heterocycles. The van der Waals surface area contributed by atoms with E-state index >= 15 is 0 Å². The van der Waals surface area contributed by atoms with Crippen molar-refractivity contribution in [2.24, 2.45) is 14.1 Å². The van der Waals surface area contributed by atoms with Gasteiger partial charge in [0.2, 0.25) is 11.8 Å². The van der Waals surface area contributed by atoms with Crippen LogP contribution in [-0.4, -0.2) is 50.6 Å². The summed E-state index contributed by atoms with van der Waals surface area (Å²) >= 11 is 13.6. The van der Waals surface area contributed by atoms with Crippen molar-refractivity contribution < 1.29 is 14.3 Å². The summed E-state index contributed by atoms with van der Waals surface area (Å²) in [6.45, 7) is 1.12. The van der Waals surface area contributed by atoms with Gasteiger partial charge in [0.25, 0.3) is 11.5 Å². The number of benzene rings is 1. The molecule has 1 fully saturated rings. The molecule has 228 valence electrons. The second-order valence-corrected chi connectivity index (χ2v) is 11.0. The van der Waals surface area contributed by atoms with E-state index in [1.165, 1.54) is 27.4 Å². The van der Waals surface area contributed by atoms with Crippen molar-refractivity contribution in [3.8, 4) is 28.4 Å². The van der Waals surface area contributed by atoms with Gasteiger partial charge in [0.1, 0.15) is 11.3 Å². The molecule has 1 aromatic carbocycles. The molecule has 4 aromatic rings. The predicted molar refractivity (Wildman–Crippen MR) is 167 cm³/mol. The summed E-state index contributed by atoms with van der Waals surface area (Å²) in [5.74, 6) is -0.250. The number of carbonyl (C=O) groups excluding carboxylic acids is 2. The van der Waals surface area contributed by atoms with Crippen molar-refractivity contribution >= 4 is 40.7 Å². The van der Waals surface area contributed by atoms with Gasteiger partial charge in [0.05, 0.1) is 28.5 Å². The highest BCUT2D eigenvalue weighted by molar-refractivity contribution is 6.39. The van der Waals surface area contributed by atoms with E-state index in [0.29, 0.717) is 47.9 Å². The van der Waals surface area contributed by atoms with Gasteiger partial charge in [-0.2, -0.15) is 0 Å². The highest BCUT2D eigenvalue weighted by atomic mass is 35.5. The fraction of sp³-hybridized carbons (Fsp3) is 0.267. The van der Waals surface area contributed by atoms with E-state index < -0.39 is 17.2 Å². The zero-order valence-electron chi connectivity index (χ0n) is 24.1. The molecular formula is C30H29Cl2N7O5. The Balaban J connectivity index is 1.40. The topological polar surface area (TPSA) is 149 Å². The summed E-state index contributed by atoms with van der Waals surface area (Å²) in [6, 6.07) is 10.5. The lowest BCUT2D eigenvalue weighted by Gasteiger charge is -2.15. The number of halogens is 2. The Hall–Kier alpha value is -4.52. The van der Waals surface area contributed by atoms with E-state index in [1.807, 2.05) is 6.07 Å². The molecule has 1 aliphatic heterocycles. The fourth-order valence-corrected chi connectivity index (χ4v) is 5.53. The summed E-state index contributed by atoms with van der Waals surface area (Å²) in [5.41, 5.74) is 1.50. The highest BCUT2D eigenvalue weighted by Crippen LogP contribution is 2.40. The number of nitrogens with one attached hydrogen (secondary N) is 3. The first-order valence-corrected chi connectivity index (χ1v) is 14.4. The average molecular weight is 639 g/mol. The van der Waals surface area contributed by atoms with Gasteiger partial charge in [0.15, 0.2) is 0 Å². The van der Waals surface area contributed by atoms with Crippen LogP contribution in [-0.2, 0) is 25.4 Å². The van der Waals surface area contributed by atoms with E-state index in [2.05, 4.69) is 25.9 Å². The molecule has 4 heterocycles. The maximum Gasteiger partial charge on any atom is 0.330 e. The maximum atomic E-state index is 13.0. The van der Waals surface area contributed by atoms with E-state index in [4.69, 9.17) is 27.9 Å². The van der Waals surface area contributed by atoms with Gasteiger partial charge in [-0.1, -0.05) is 41.4 Å². The van der Waals surface area contributed by atoms with Crippen molar-refractivity contribution in [2.45, 2.75) is 25.4 Å². The summed E-state index contributed by atoms with van der Waals surface area (Å²) in [7, 11) is 4.28. The number of carbonyl (C=O) groups is 2. The first-order valence-electron chi connectivity index (χ1n) is 13.6. The van der Waals surface area contributed by atoms with Gasteiger partial charge < -0.3 is 25.3 Å². The first-order chi connectivity index (χ1) is 21.1. The molecule has 2 amide bonds. The Morgan fingerprint density at radius 2 is 1.86 bits per heavy atom. The van der Waals surface area contributed by atoms with Crippen molar-refractivity contribution in [2.75, 3.05) is 19.0 Å². The van der Waals surface area contributed by atoms with Crippen LogP contribution in [0.2, 0.25) is 10.0 Å². The third-order valence-electron chi connectivity index (χ3n) is 7.28. The van der Waals surface area contributed by atoms with E-state index in [0.717, 1.165) is 21.1 Å². The second-order valence-electron chi connectivity index (χ2n) is 10.2. The first kappa shape index (κ1) is 30.9. The van der Waals surface area contributed by atoms with Gasteiger partial charge in [-0.3, -0.25) is 23.9 Å². The fourth-order valence-electron chi connectivity index (χ4n) is 4.94. The monoisotopic (exact) mass is 637 g/mol. The lowest BCUT2D eigenvalue weighted by Crippen LogP contribution is -2.40. The van der Waals surface area contributed by atoms with Gasteiger partial charge in [-0.15, -0.1) is 0 Å². The lowest BCUT2D eigenvalue weighted by molar-refractivity contribution is -0.119. The number of ether oxygens (including phenoxy) is 1. The van der Waals surface area contributed by atoms with Crippen LogP contribution in [0, 0.1) is 0 Å². The van der Waals surface area contributed by atoms with Gasteiger partial charge in [0, 0.05) is 68.7 Å². The normalized spacial score (nSPS) is 14.4. The number of anilines is 1. The number of nitrogens with zero attached hydrogens (tertiary/aromatic N) is 4. The summed E-state index contributed by atoms with van der Waals surface area (Å²) in [4.78, 5) is 58.1. The zero-order valence-corrected chi connectivity index (χ0v) is 25.6. The minimum atomic E-state index is -0.730. The van der Waals surface area contributed by atoms with Crippen LogP contribution in [0.3, 0.4) is 0 Å². The Kier molecular flexibility index (Phi) is 9.14. The summed E-state index contributed by atoms with van der Waals surface area (Å²) in [5, 5.41) is 9.39. The minimum Gasteiger partial charge on any atom is -0.481 e. The van der Waals surface area contributed by atoms with Gasteiger partial charge >= 0.3 is 5.69 Å². The number of methoxy groups -OCH3 is 1. The standard InChI is InChI=1S/C30H29Cl2N7O5/c1-38-15-20(29(42)39(2)30(38)43)27(41)36-21-6-4-5-18(24(21)31)19-11-12-34-26(25(19)32)22-9-7-16(28(37-22)44-3)13-33-14-17-8-10-23(40)35-17/h4-7,9,11-12,15,17,33H,8,10,13-14H2,1-3H3,(H,35,40)(H,36,41)/t17-/m1/s1. The number of rotatable bonds is 9. The smallest absolute Gasteiger partial charge is 0.330 e. The van der Waals surface area contributed by atoms with Crippen LogP contribution in [0.15, 0.2) is 58.4 Å². The second kappa shape index (κ2) is 13.0. The number of hydrogen-bond acceptors (Lipinski definition) is 8. The Morgan fingerprint density at radius 3 is 2.59 bits per heavy atom. The molecule has 3 aromatic heterocycles. The molecule has 1 atom stereocenters. The van der Waals surface area contributed by atoms with Crippen molar-refractivity contribution in [1.29, 1.82) is 0 Å². The Bertz CT molecular complexity index is 1890. The molecule has 0 radical (unpaired) electrons. The van der Waals surface area contributed by atoms with E-state index in [1.54, 1.807) is 36.5 Å². The molecule has 0 spiro atoms. The molecule has 3 N–H and O–H groups in total. The molecule has 5 rings (SSSR count). The molecule has 14 heteroatoms. The number of aromatic nitrogens is 4. The van der Waals surface area contributed by atoms with Crippen LogP contribution in [0.1, 0.15) is 28.8 Å². The number of amides is 2. The average Bonchev–Trinajstić information content (AvgIpc) is 3.44. The predicted octanol–water partition coefficient (Wildman–Crippen LogP) is 3.14. The molecule has 0 unspecified atom stereocenters.